The summed E-state index contributed by atoms with van der Waals surface area (Å²) in [5, 5.41) is 0. The summed E-state index contributed by atoms with van der Waals surface area (Å²) in [7, 11) is 0. The van der Waals surface area contributed by atoms with Crippen LogP contribution in [0.15, 0.2) is 75.8 Å². The van der Waals surface area contributed by atoms with Gasteiger partial charge in [0.25, 0.3) is 0 Å². The fraction of sp³-hybridized carbons (Fsp3) is 0.261. The molecular weight excluding hydrogens is 446 g/mol. The van der Waals surface area contributed by atoms with Crippen molar-refractivity contribution in [3.8, 4) is 0 Å². The lowest BCUT2D eigenvalue weighted by atomic mass is 9.75. The van der Waals surface area contributed by atoms with E-state index in [9.17, 15) is 9.59 Å². The van der Waals surface area contributed by atoms with Gasteiger partial charge in [0.2, 0.25) is 0 Å². The quantitative estimate of drug-likeness (QED) is 0.678. The van der Waals surface area contributed by atoms with Gasteiger partial charge in [-0.15, -0.1) is 0 Å². The third-order valence-electron chi connectivity index (χ3n) is 5.36. The molecule has 7 heteroatoms. The van der Waals surface area contributed by atoms with E-state index in [0.29, 0.717) is 24.2 Å². The number of hydrogen-bond acceptors (Lipinski definition) is 6. The molecule has 1 aromatic carbocycles. The van der Waals surface area contributed by atoms with Crippen LogP contribution in [-0.4, -0.2) is 23.3 Å². The number of pyridine rings is 1. The molecule has 2 heterocycles. The Bertz CT molecular complexity index is 1050. The summed E-state index contributed by atoms with van der Waals surface area (Å²) in [6.45, 7) is 1.97. The normalized spacial score (nSPS) is 19.1. The summed E-state index contributed by atoms with van der Waals surface area (Å²) in [4.78, 5) is 32.4. The van der Waals surface area contributed by atoms with E-state index >= 15 is 0 Å². The first-order chi connectivity index (χ1) is 14.5. The van der Waals surface area contributed by atoms with Crippen molar-refractivity contribution in [1.29, 1.82) is 0 Å². The second-order valence-corrected chi connectivity index (χ2v) is 8.09. The molecule has 1 aliphatic carbocycles. The average Bonchev–Trinajstić information content (AvgIpc) is 2.75. The van der Waals surface area contributed by atoms with Crippen LogP contribution in [-0.2, 0) is 14.3 Å². The first-order valence-corrected chi connectivity index (χ1v) is 10.7. The Kier molecular flexibility index (Phi) is 5.72. The number of nitrogens with zero attached hydrogens (tertiary/aromatic N) is 2. The summed E-state index contributed by atoms with van der Waals surface area (Å²) in [6, 6.07) is 13.2. The predicted molar refractivity (Wildman–Crippen MR) is 117 cm³/mol. The predicted octanol–water partition coefficient (Wildman–Crippen LogP) is 4.19. The number of esters is 1. The number of benzene rings is 1. The lowest BCUT2D eigenvalue weighted by Gasteiger charge is -2.40. The largest absolute Gasteiger partial charge is 0.463 e. The van der Waals surface area contributed by atoms with Crippen molar-refractivity contribution in [2.75, 3.05) is 11.5 Å². The molecule has 0 saturated carbocycles. The molecule has 30 heavy (non-hydrogen) atoms. The number of halogens is 1. The van der Waals surface area contributed by atoms with Gasteiger partial charge in [-0.1, -0.05) is 30.3 Å². The molecule has 1 aliphatic heterocycles. The number of ketones is 1. The summed E-state index contributed by atoms with van der Waals surface area (Å²) in [6.07, 6.45) is 3.52. The molecule has 1 atom stereocenters. The molecule has 0 radical (unpaired) electrons. The molecule has 4 rings (SSSR count). The van der Waals surface area contributed by atoms with Gasteiger partial charge in [0, 0.05) is 28.4 Å². The fourth-order valence-electron chi connectivity index (χ4n) is 4.14. The van der Waals surface area contributed by atoms with Gasteiger partial charge in [-0.05, 0) is 53.4 Å². The van der Waals surface area contributed by atoms with E-state index in [0.717, 1.165) is 22.2 Å². The van der Waals surface area contributed by atoms with E-state index in [1.165, 1.54) is 0 Å². The van der Waals surface area contributed by atoms with Gasteiger partial charge < -0.3 is 10.5 Å². The molecule has 6 nitrogen and oxygen atoms in total. The Hall–Kier alpha value is -2.93. The number of rotatable bonds is 4. The van der Waals surface area contributed by atoms with Crippen LogP contribution in [0.1, 0.15) is 37.7 Å². The molecule has 154 valence electrons. The first kappa shape index (κ1) is 20.3. The van der Waals surface area contributed by atoms with Gasteiger partial charge in [0.05, 0.1) is 18.1 Å². The zero-order valence-electron chi connectivity index (χ0n) is 16.6. The highest BCUT2D eigenvalue weighted by Gasteiger charge is 2.43. The molecule has 0 bridgehead atoms. The molecule has 2 aromatic rings. The molecule has 2 N–H and O–H groups in total. The maximum absolute atomic E-state index is 13.1. The summed E-state index contributed by atoms with van der Waals surface area (Å²) < 4.78 is 6.18. The third kappa shape index (κ3) is 3.54. The van der Waals surface area contributed by atoms with Gasteiger partial charge >= 0.3 is 5.97 Å². The van der Waals surface area contributed by atoms with Crippen molar-refractivity contribution in [2.24, 2.45) is 5.73 Å². The maximum atomic E-state index is 13.1. The molecule has 2 aliphatic rings. The Morgan fingerprint density at radius 3 is 2.67 bits per heavy atom. The molecular formula is C23H22BrN3O3. The minimum Gasteiger partial charge on any atom is -0.463 e. The number of carbonyl (C=O) groups is 2. The highest BCUT2D eigenvalue weighted by atomic mass is 79.9. The number of nitrogens with two attached hydrogens (primary N) is 1. The van der Waals surface area contributed by atoms with Crippen LogP contribution in [0.3, 0.4) is 0 Å². The number of allylic oxidation sites excluding steroid dienone is 2. The second-order valence-electron chi connectivity index (χ2n) is 7.17. The monoisotopic (exact) mass is 467 g/mol. The number of carbonyl (C=O) groups excluding carboxylic acids is 2. The van der Waals surface area contributed by atoms with E-state index in [4.69, 9.17) is 10.5 Å². The van der Waals surface area contributed by atoms with Gasteiger partial charge in [-0.3, -0.25) is 9.69 Å². The number of Topliss-reactive ketones (excluding diaryl/α,β-unsaturated/α-hetero) is 1. The number of hydrogen-bond donors (Lipinski definition) is 1. The van der Waals surface area contributed by atoms with Crippen molar-refractivity contribution < 1.29 is 14.3 Å². The second kappa shape index (κ2) is 8.44. The van der Waals surface area contributed by atoms with Crippen molar-refractivity contribution in [3.63, 3.8) is 0 Å². The van der Waals surface area contributed by atoms with Crippen LogP contribution in [0.2, 0.25) is 0 Å². The highest BCUT2D eigenvalue weighted by Crippen LogP contribution is 2.46. The van der Waals surface area contributed by atoms with Crippen LogP contribution in [0.5, 0.6) is 0 Å². The van der Waals surface area contributed by atoms with Crippen molar-refractivity contribution >= 4 is 33.5 Å². The van der Waals surface area contributed by atoms with Crippen LogP contribution in [0, 0.1) is 0 Å². The molecule has 0 fully saturated rings. The molecule has 0 amide bonds. The van der Waals surface area contributed by atoms with Crippen LogP contribution in [0.4, 0.5) is 5.82 Å². The Morgan fingerprint density at radius 2 is 2.00 bits per heavy atom. The third-order valence-corrected chi connectivity index (χ3v) is 5.83. The standard InChI is InChI=1S/C23H22BrN3O3/c1-2-30-23(29)21-19(14-7-4-3-5-8-14)20-16(9-6-10-17(20)28)27(22(21)25)18-12-11-15(24)13-26-18/h3-5,7-8,11-13,19H,2,6,9-10,25H2,1H3. The van der Waals surface area contributed by atoms with E-state index in [1.807, 2.05) is 42.5 Å². The van der Waals surface area contributed by atoms with E-state index in [2.05, 4.69) is 20.9 Å². The molecule has 0 saturated heterocycles. The highest BCUT2D eigenvalue weighted by molar-refractivity contribution is 9.10. The average molecular weight is 468 g/mol. The van der Waals surface area contributed by atoms with Crippen LogP contribution in [0.25, 0.3) is 0 Å². The summed E-state index contributed by atoms with van der Waals surface area (Å²) in [5.41, 5.74) is 9.15. The molecule has 1 unspecified atom stereocenters. The minimum atomic E-state index is -0.556. The smallest absolute Gasteiger partial charge is 0.338 e. The lowest BCUT2D eigenvalue weighted by molar-refractivity contribution is -0.138. The topological polar surface area (TPSA) is 85.5 Å². The van der Waals surface area contributed by atoms with Crippen molar-refractivity contribution in [3.05, 3.63) is 81.4 Å². The number of aromatic nitrogens is 1. The van der Waals surface area contributed by atoms with E-state index < -0.39 is 11.9 Å². The zero-order valence-corrected chi connectivity index (χ0v) is 18.2. The van der Waals surface area contributed by atoms with E-state index in [1.54, 1.807) is 18.0 Å². The maximum Gasteiger partial charge on any atom is 0.338 e. The Balaban J connectivity index is 1.98. The Labute approximate surface area is 183 Å². The zero-order chi connectivity index (χ0) is 21.3. The fourth-order valence-corrected chi connectivity index (χ4v) is 4.37. The minimum absolute atomic E-state index is 0.0292. The van der Waals surface area contributed by atoms with Gasteiger partial charge in [-0.25, -0.2) is 9.78 Å². The SMILES string of the molecule is CCOC(=O)C1=C(N)N(c2ccc(Br)cn2)C2=C(C(=O)CCC2)C1c1ccccc1. The van der Waals surface area contributed by atoms with Gasteiger partial charge in [0.1, 0.15) is 11.6 Å². The number of ether oxygens (including phenoxy) is 1. The summed E-state index contributed by atoms with van der Waals surface area (Å²) in [5.74, 6) is -0.228. The van der Waals surface area contributed by atoms with Gasteiger partial charge in [-0.2, -0.15) is 0 Å². The van der Waals surface area contributed by atoms with Gasteiger partial charge in [0.15, 0.2) is 5.78 Å². The summed E-state index contributed by atoms with van der Waals surface area (Å²) >= 11 is 3.39. The van der Waals surface area contributed by atoms with Crippen LogP contribution >= 0.6 is 15.9 Å². The Morgan fingerprint density at radius 1 is 1.23 bits per heavy atom. The van der Waals surface area contributed by atoms with E-state index in [-0.39, 0.29) is 23.8 Å². The molecule has 1 aromatic heterocycles. The number of anilines is 1. The first-order valence-electron chi connectivity index (χ1n) is 9.92. The lowest BCUT2D eigenvalue weighted by Crippen LogP contribution is -2.41. The van der Waals surface area contributed by atoms with Crippen molar-refractivity contribution in [1.82, 2.24) is 4.98 Å². The van der Waals surface area contributed by atoms with Crippen molar-refractivity contribution in [2.45, 2.75) is 32.1 Å². The van der Waals surface area contributed by atoms with Crippen LogP contribution < -0.4 is 10.6 Å². The molecule has 0 spiro atoms.